The SMILES string of the molecule is COc1cc(CN(C)C(=O)C(C)C(C)N)ccc1O. The first-order valence-corrected chi connectivity index (χ1v) is 6.23. The van der Waals surface area contributed by atoms with Gasteiger partial charge in [0.2, 0.25) is 5.91 Å². The van der Waals surface area contributed by atoms with E-state index in [0.717, 1.165) is 5.56 Å². The minimum atomic E-state index is -0.219. The quantitative estimate of drug-likeness (QED) is 0.843. The second-order valence-corrected chi connectivity index (χ2v) is 4.85. The van der Waals surface area contributed by atoms with Gasteiger partial charge in [-0.15, -0.1) is 0 Å². The molecule has 1 aromatic carbocycles. The van der Waals surface area contributed by atoms with Crippen LogP contribution in [0.2, 0.25) is 0 Å². The average Bonchev–Trinajstić information content (AvgIpc) is 2.38. The Morgan fingerprint density at radius 3 is 2.63 bits per heavy atom. The molecule has 0 radical (unpaired) electrons. The van der Waals surface area contributed by atoms with Crippen LogP contribution in [0.25, 0.3) is 0 Å². The van der Waals surface area contributed by atoms with Crippen molar-refractivity contribution in [2.45, 2.75) is 26.4 Å². The highest BCUT2D eigenvalue weighted by atomic mass is 16.5. The van der Waals surface area contributed by atoms with Gasteiger partial charge in [-0.3, -0.25) is 4.79 Å². The number of phenols is 1. The van der Waals surface area contributed by atoms with E-state index in [2.05, 4.69) is 0 Å². The number of methoxy groups -OCH3 is 1. The Balaban J connectivity index is 2.77. The van der Waals surface area contributed by atoms with Crippen molar-refractivity contribution in [3.8, 4) is 11.5 Å². The summed E-state index contributed by atoms with van der Waals surface area (Å²) in [6, 6.07) is 4.86. The second kappa shape index (κ2) is 6.43. The predicted molar refractivity (Wildman–Crippen MR) is 73.9 cm³/mol. The highest BCUT2D eigenvalue weighted by Gasteiger charge is 2.21. The molecule has 3 N–H and O–H groups in total. The third-order valence-corrected chi connectivity index (χ3v) is 3.22. The van der Waals surface area contributed by atoms with E-state index in [1.54, 1.807) is 30.1 Å². The Labute approximate surface area is 114 Å². The zero-order valence-electron chi connectivity index (χ0n) is 11.9. The molecule has 19 heavy (non-hydrogen) atoms. The van der Waals surface area contributed by atoms with Crippen LogP contribution in [0.5, 0.6) is 11.5 Å². The molecule has 0 aliphatic carbocycles. The van der Waals surface area contributed by atoms with Crippen LogP contribution in [0.4, 0.5) is 0 Å². The molecule has 106 valence electrons. The van der Waals surface area contributed by atoms with Gasteiger partial charge in [-0.2, -0.15) is 0 Å². The van der Waals surface area contributed by atoms with Crippen LogP contribution in [0, 0.1) is 5.92 Å². The van der Waals surface area contributed by atoms with Crippen molar-refractivity contribution < 1.29 is 14.6 Å². The topological polar surface area (TPSA) is 75.8 Å². The van der Waals surface area contributed by atoms with Crippen molar-refractivity contribution in [3.05, 3.63) is 23.8 Å². The smallest absolute Gasteiger partial charge is 0.226 e. The Morgan fingerprint density at radius 2 is 2.11 bits per heavy atom. The first-order valence-electron chi connectivity index (χ1n) is 6.23. The lowest BCUT2D eigenvalue weighted by atomic mass is 10.0. The van der Waals surface area contributed by atoms with Gasteiger partial charge in [0, 0.05) is 19.6 Å². The maximum atomic E-state index is 12.1. The number of amides is 1. The fourth-order valence-corrected chi connectivity index (χ4v) is 1.74. The molecule has 5 heteroatoms. The lowest BCUT2D eigenvalue weighted by Gasteiger charge is -2.23. The van der Waals surface area contributed by atoms with Gasteiger partial charge < -0.3 is 20.5 Å². The van der Waals surface area contributed by atoms with Crippen LogP contribution in [-0.2, 0) is 11.3 Å². The van der Waals surface area contributed by atoms with Crippen molar-refractivity contribution >= 4 is 5.91 Å². The van der Waals surface area contributed by atoms with Gasteiger partial charge in [-0.05, 0) is 24.6 Å². The molecule has 2 atom stereocenters. The van der Waals surface area contributed by atoms with Crippen molar-refractivity contribution in [2.75, 3.05) is 14.2 Å². The van der Waals surface area contributed by atoms with E-state index >= 15 is 0 Å². The molecule has 0 saturated heterocycles. The fourth-order valence-electron chi connectivity index (χ4n) is 1.74. The standard InChI is InChI=1S/C14H22N2O3/c1-9(10(2)15)14(18)16(3)8-11-5-6-12(17)13(7-11)19-4/h5-7,9-10,17H,8,15H2,1-4H3. The number of phenolic OH excluding ortho intramolecular Hbond substituents is 1. The predicted octanol–water partition coefficient (Wildman–Crippen LogP) is 1.34. The van der Waals surface area contributed by atoms with E-state index in [1.165, 1.54) is 7.11 Å². The number of nitrogens with two attached hydrogens (primary N) is 1. The van der Waals surface area contributed by atoms with Gasteiger partial charge in [0.1, 0.15) is 0 Å². The van der Waals surface area contributed by atoms with Crippen molar-refractivity contribution in [2.24, 2.45) is 11.7 Å². The van der Waals surface area contributed by atoms with Crippen molar-refractivity contribution in [1.29, 1.82) is 0 Å². The highest BCUT2D eigenvalue weighted by molar-refractivity contribution is 5.78. The molecule has 0 fully saturated rings. The maximum Gasteiger partial charge on any atom is 0.226 e. The maximum absolute atomic E-state index is 12.1. The Kier molecular flexibility index (Phi) is 5.18. The molecule has 1 amide bonds. The summed E-state index contributed by atoms with van der Waals surface area (Å²) in [6.07, 6.45) is 0. The normalized spacial score (nSPS) is 13.7. The van der Waals surface area contributed by atoms with Crippen LogP contribution in [0.1, 0.15) is 19.4 Å². The van der Waals surface area contributed by atoms with Crippen LogP contribution >= 0.6 is 0 Å². The number of hydrogen-bond acceptors (Lipinski definition) is 4. The van der Waals surface area contributed by atoms with Gasteiger partial charge in [-0.25, -0.2) is 0 Å². The molecular formula is C14H22N2O3. The zero-order chi connectivity index (χ0) is 14.6. The summed E-state index contributed by atoms with van der Waals surface area (Å²) in [4.78, 5) is 13.7. The molecule has 0 aliphatic heterocycles. The van der Waals surface area contributed by atoms with Crippen LogP contribution in [-0.4, -0.2) is 36.1 Å². The molecule has 0 bridgehead atoms. The van der Waals surface area contributed by atoms with Gasteiger partial charge in [0.25, 0.3) is 0 Å². The highest BCUT2D eigenvalue weighted by Crippen LogP contribution is 2.26. The van der Waals surface area contributed by atoms with E-state index < -0.39 is 0 Å². The second-order valence-electron chi connectivity index (χ2n) is 4.85. The van der Waals surface area contributed by atoms with E-state index in [1.807, 2.05) is 13.8 Å². The molecule has 1 aromatic rings. The lowest BCUT2D eigenvalue weighted by molar-refractivity contribution is -0.134. The Hall–Kier alpha value is -1.75. The van der Waals surface area contributed by atoms with Gasteiger partial charge in [0.15, 0.2) is 11.5 Å². The van der Waals surface area contributed by atoms with Crippen molar-refractivity contribution in [1.82, 2.24) is 4.90 Å². The minimum absolute atomic E-state index is 0.00189. The number of ether oxygens (including phenoxy) is 1. The fraction of sp³-hybridized carbons (Fsp3) is 0.500. The number of carbonyl (C=O) groups excluding carboxylic acids is 1. The molecule has 0 spiro atoms. The van der Waals surface area contributed by atoms with Crippen LogP contribution in [0.15, 0.2) is 18.2 Å². The third-order valence-electron chi connectivity index (χ3n) is 3.22. The molecule has 1 rings (SSSR count). The molecule has 0 heterocycles. The van der Waals surface area contributed by atoms with Gasteiger partial charge >= 0.3 is 0 Å². The summed E-state index contributed by atoms with van der Waals surface area (Å²) in [6.45, 7) is 4.09. The number of benzene rings is 1. The molecule has 0 aliphatic rings. The number of aromatic hydroxyl groups is 1. The molecule has 0 saturated carbocycles. The molecular weight excluding hydrogens is 244 g/mol. The molecule has 5 nitrogen and oxygen atoms in total. The van der Waals surface area contributed by atoms with E-state index in [-0.39, 0.29) is 23.6 Å². The van der Waals surface area contributed by atoms with Gasteiger partial charge in [-0.1, -0.05) is 13.0 Å². The van der Waals surface area contributed by atoms with Crippen molar-refractivity contribution in [3.63, 3.8) is 0 Å². The average molecular weight is 266 g/mol. The zero-order valence-corrected chi connectivity index (χ0v) is 11.9. The summed E-state index contributed by atoms with van der Waals surface area (Å²) in [5.41, 5.74) is 6.62. The number of nitrogens with zero attached hydrogens (tertiary/aromatic N) is 1. The van der Waals surface area contributed by atoms with Crippen LogP contribution in [0.3, 0.4) is 0 Å². The van der Waals surface area contributed by atoms with E-state index in [9.17, 15) is 9.90 Å². The largest absolute Gasteiger partial charge is 0.504 e. The summed E-state index contributed by atoms with van der Waals surface area (Å²) in [5.74, 6) is 0.272. The summed E-state index contributed by atoms with van der Waals surface area (Å²) >= 11 is 0. The van der Waals surface area contributed by atoms with E-state index in [4.69, 9.17) is 10.5 Å². The minimum Gasteiger partial charge on any atom is -0.504 e. The first-order chi connectivity index (χ1) is 8.86. The Bertz CT molecular complexity index is 446. The number of rotatable bonds is 5. The van der Waals surface area contributed by atoms with E-state index in [0.29, 0.717) is 12.3 Å². The Morgan fingerprint density at radius 1 is 1.47 bits per heavy atom. The third kappa shape index (κ3) is 3.86. The summed E-state index contributed by atoms with van der Waals surface area (Å²) in [7, 11) is 3.23. The summed E-state index contributed by atoms with van der Waals surface area (Å²) < 4.78 is 5.04. The van der Waals surface area contributed by atoms with Crippen LogP contribution < -0.4 is 10.5 Å². The first kappa shape index (κ1) is 15.3. The monoisotopic (exact) mass is 266 g/mol. The summed E-state index contributed by atoms with van der Waals surface area (Å²) in [5, 5.41) is 9.52. The number of hydrogen-bond donors (Lipinski definition) is 2. The molecule has 0 aromatic heterocycles. The number of carbonyl (C=O) groups is 1. The molecule has 2 unspecified atom stereocenters. The van der Waals surface area contributed by atoms with Gasteiger partial charge in [0.05, 0.1) is 13.0 Å². The lowest BCUT2D eigenvalue weighted by Crippen LogP contribution is -2.39.